The summed E-state index contributed by atoms with van der Waals surface area (Å²) in [6.45, 7) is 0. The van der Waals surface area contributed by atoms with Crippen molar-refractivity contribution in [1.29, 1.82) is 0 Å². The fourth-order valence-corrected chi connectivity index (χ4v) is 2.77. The van der Waals surface area contributed by atoms with E-state index in [2.05, 4.69) is 17.9 Å². The van der Waals surface area contributed by atoms with Gasteiger partial charge in [-0.3, -0.25) is 4.79 Å². The summed E-state index contributed by atoms with van der Waals surface area (Å²) in [6, 6.07) is 1.87. The van der Waals surface area contributed by atoms with Crippen LogP contribution >= 0.6 is 24.4 Å². The molecule has 3 nitrogen and oxygen atoms in total. The molecule has 0 aromatic carbocycles. The number of thiol groups is 1. The summed E-state index contributed by atoms with van der Waals surface area (Å²) in [4.78, 5) is 11.3. The van der Waals surface area contributed by atoms with Crippen LogP contribution in [-0.2, 0) is 11.2 Å². The van der Waals surface area contributed by atoms with Gasteiger partial charge >= 0.3 is 0 Å². The van der Waals surface area contributed by atoms with E-state index in [0.29, 0.717) is 6.42 Å². The minimum Gasteiger partial charge on any atom is -0.472 e. The van der Waals surface area contributed by atoms with Gasteiger partial charge in [0.15, 0.2) is 0 Å². The van der Waals surface area contributed by atoms with Gasteiger partial charge in [0, 0.05) is 0 Å². The zero-order valence-electron chi connectivity index (χ0n) is 6.77. The van der Waals surface area contributed by atoms with E-state index in [0.717, 1.165) is 5.56 Å². The van der Waals surface area contributed by atoms with Gasteiger partial charge in [0.1, 0.15) is 4.71 Å². The van der Waals surface area contributed by atoms with E-state index in [1.165, 1.54) is 11.8 Å². The van der Waals surface area contributed by atoms with Crippen LogP contribution < -0.4 is 5.32 Å². The molecule has 0 spiro atoms. The highest BCUT2D eigenvalue weighted by Crippen LogP contribution is 2.28. The maximum absolute atomic E-state index is 11.3. The third-order valence-corrected chi connectivity index (χ3v) is 3.43. The molecule has 2 heterocycles. The van der Waals surface area contributed by atoms with Gasteiger partial charge in [-0.2, -0.15) is 0 Å². The first-order chi connectivity index (χ1) is 6.25. The van der Waals surface area contributed by atoms with Crippen molar-refractivity contribution in [2.45, 2.75) is 16.4 Å². The van der Waals surface area contributed by atoms with Gasteiger partial charge in [0.2, 0.25) is 5.91 Å². The predicted molar refractivity (Wildman–Crippen MR) is 54.7 cm³/mol. The molecule has 5 heteroatoms. The van der Waals surface area contributed by atoms with E-state index in [-0.39, 0.29) is 15.9 Å². The van der Waals surface area contributed by atoms with Gasteiger partial charge in [0.05, 0.1) is 17.8 Å². The van der Waals surface area contributed by atoms with Crippen LogP contribution in [0.25, 0.3) is 0 Å². The van der Waals surface area contributed by atoms with Gasteiger partial charge in [-0.1, -0.05) is 0 Å². The summed E-state index contributed by atoms with van der Waals surface area (Å²) in [6.07, 6.45) is 3.99. The molecule has 1 aromatic rings. The zero-order chi connectivity index (χ0) is 9.26. The van der Waals surface area contributed by atoms with Crippen LogP contribution in [0.4, 0.5) is 0 Å². The van der Waals surface area contributed by atoms with E-state index < -0.39 is 0 Å². The van der Waals surface area contributed by atoms with Crippen molar-refractivity contribution in [3.8, 4) is 0 Å². The second kappa shape index (κ2) is 3.67. The van der Waals surface area contributed by atoms with Crippen LogP contribution in [0.15, 0.2) is 23.0 Å². The van der Waals surface area contributed by atoms with E-state index in [4.69, 9.17) is 4.42 Å². The lowest BCUT2D eigenvalue weighted by Gasteiger charge is -2.02. The van der Waals surface area contributed by atoms with Gasteiger partial charge < -0.3 is 9.73 Å². The molecule has 0 saturated carbocycles. The maximum atomic E-state index is 11.3. The Bertz CT molecular complexity index is 299. The Morgan fingerprint density at radius 3 is 3.08 bits per heavy atom. The molecule has 0 radical (unpaired) electrons. The largest absolute Gasteiger partial charge is 0.472 e. The van der Waals surface area contributed by atoms with Crippen LogP contribution in [0.1, 0.15) is 5.56 Å². The van der Waals surface area contributed by atoms with Crippen molar-refractivity contribution < 1.29 is 9.21 Å². The molecule has 70 valence electrons. The normalized spacial score (nSPS) is 27.6. The standard InChI is InChI=1S/C8H9NO2S2/c10-7-6(13-8(12)9-7)3-5-1-2-11-4-5/h1-2,4,6,8,12H,3H2,(H,9,10). The minimum atomic E-state index is -0.0654. The predicted octanol–water partition coefficient (Wildman–Crippen LogP) is 1.27. The Labute approximate surface area is 85.7 Å². The van der Waals surface area contributed by atoms with Crippen LogP contribution in [0, 0.1) is 0 Å². The first-order valence-electron chi connectivity index (χ1n) is 3.90. The number of furan rings is 1. The molecular formula is C8H9NO2S2. The van der Waals surface area contributed by atoms with Crippen LogP contribution in [0.3, 0.4) is 0 Å². The topological polar surface area (TPSA) is 42.2 Å². The molecule has 1 aliphatic heterocycles. The Balaban J connectivity index is 1.99. The van der Waals surface area contributed by atoms with Gasteiger partial charge in [-0.05, 0) is 18.1 Å². The Morgan fingerprint density at radius 1 is 1.69 bits per heavy atom. The van der Waals surface area contributed by atoms with Gasteiger partial charge in [-0.25, -0.2) is 0 Å². The second-order valence-corrected chi connectivity index (χ2v) is 5.00. The average Bonchev–Trinajstić information content (AvgIpc) is 2.63. The number of carbonyl (C=O) groups excluding carboxylic acids is 1. The van der Waals surface area contributed by atoms with Crippen LogP contribution in [0.5, 0.6) is 0 Å². The Morgan fingerprint density at radius 2 is 2.54 bits per heavy atom. The maximum Gasteiger partial charge on any atom is 0.235 e. The summed E-state index contributed by atoms with van der Waals surface area (Å²) in [5.74, 6) is 0.0613. The molecule has 2 rings (SSSR count). The molecular weight excluding hydrogens is 206 g/mol. The van der Waals surface area contributed by atoms with E-state index in [1.54, 1.807) is 12.5 Å². The molecule has 2 unspecified atom stereocenters. The lowest BCUT2D eigenvalue weighted by Crippen LogP contribution is -2.25. The van der Waals surface area contributed by atoms with Crippen molar-refractivity contribution in [3.05, 3.63) is 24.2 Å². The summed E-state index contributed by atoms with van der Waals surface area (Å²) in [7, 11) is 0. The fourth-order valence-electron chi connectivity index (χ4n) is 1.23. The molecule has 1 aromatic heterocycles. The highest BCUT2D eigenvalue weighted by atomic mass is 32.2. The van der Waals surface area contributed by atoms with Crippen LogP contribution in [-0.4, -0.2) is 15.9 Å². The third kappa shape index (κ3) is 2.03. The number of rotatable bonds is 2. The minimum absolute atomic E-state index is 0.0277. The third-order valence-electron chi connectivity index (χ3n) is 1.85. The summed E-state index contributed by atoms with van der Waals surface area (Å²) in [5, 5.41) is 2.71. The first-order valence-corrected chi connectivity index (χ1v) is 5.36. The van der Waals surface area contributed by atoms with Crippen molar-refractivity contribution in [2.24, 2.45) is 0 Å². The molecule has 13 heavy (non-hydrogen) atoms. The van der Waals surface area contributed by atoms with Crippen molar-refractivity contribution in [3.63, 3.8) is 0 Å². The summed E-state index contributed by atoms with van der Waals surface area (Å²) >= 11 is 5.70. The summed E-state index contributed by atoms with van der Waals surface area (Å²) < 4.78 is 4.86. The lowest BCUT2D eigenvalue weighted by atomic mass is 10.2. The molecule has 1 amide bonds. The molecule has 1 fully saturated rings. The molecule has 1 saturated heterocycles. The van der Waals surface area contributed by atoms with E-state index in [9.17, 15) is 4.79 Å². The highest BCUT2D eigenvalue weighted by molar-refractivity contribution is 8.11. The second-order valence-electron chi connectivity index (χ2n) is 2.82. The number of carbonyl (C=O) groups is 1. The number of thioether (sulfide) groups is 1. The average molecular weight is 215 g/mol. The number of hydrogen-bond acceptors (Lipinski definition) is 4. The SMILES string of the molecule is O=C1NC(S)SC1Cc1ccoc1. The summed E-state index contributed by atoms with van der Waals surface area (Å²) in [5.41, 5.74) is 1.05. The van der Waals surface area contributed by atoms with Gasteiger partial charge in [0.25, 0.3) is 0 Å². The fraction of sp³-hybridized carbons (Fsp3) is 0.375. The molecule has 0 aliphatic carbocycles. The first kappa shape index (κ1) is 9.02. The van der Waals surface area contributed by atoms with Crippen molar-refractivity contribution >= 4 is 30.3 Å². The highest BCUT2D eigenvalue weighted by Gasteiger charge is 2.30. The number of nitrogens with one attached hydrogen (secondary N) is 1. The quantitative estimate of drug-likeness (QED) is 0.730. The lowest BCUT2D eigenvalue weighted by molar-refractivity contribution is -0.119. The number of amides is 1. The van der Waals surface area contributed by atoms with Gasteiger partial charge in [-0.15, -0.1) is 24.4 Å². The molecule has 1 N–H and O–H groups in total. The number of hydrogen-bond donors (Lipinski definition) is 2. The Hall–Kier alpha value is -0.550. The Kier molecular flexibility index (Phi) is 2.55. The molecule has 0 bridgehead atoms. The molecule has 2 atom stereocenters. The smallest absolute Gasteiger partial charge is 0.235 e. The van der Waals surface area contributed by atoms with Crippen molar-refractivity contribution in [2.75, 3.05) is 0 Å². The van der Waals surface area contributed by atoms with E-state index in [1.807, 2.05) is 6.07 Å². The molecule has 1 aliphatic rings. The zero-order valence-corrected chi connectivity index (χ0v) is 8.48. The van der Waals surface area contributed by atoms with Crippen LogP contribution in [0.2, 0.25) is 0 Å². The monoisotopic (exact) mass is 215 g/mol. The van der Waals surface area contributed by atoms with Crippen molar-refractivity contribution in [1.82, 2.24) is 5.32 Å². The van der Waals surface area contributed by atoms with E-state index >= 15 is 0 Å².